The Morgan fingerprint density at radius 1 is 1.04 bits per heavy atom. The summed E-state index contributed by atoms with van der Waals surface area (Å²) < 4.78 is 15.5. The maximum Gasteiger partial charge on any atom is 0.330 e. The number of methoxy groups -OCH3 is 3. The average molecular weight is 326 g/mol. The molecule has 0 bridgehead atoms. The molecule has 0 aliphatic rings. The highest BCUT2D eigenvalue weighted by Crippen LogP contribution is 2.31. The highest BCUT2D eigenvalue weighted by atomic mass is 16.5. The minimum atomic E-state index is -0.374. The van der Waals surface area contributed by atoms with E-state index in [1.54, 1.807) is 14.2 Å². The van der Waals surface area contributed by atoms with Crippen molar-refractivity contribution in [2.75, 3.05) is 21.3 Å². The summed E-state index contributed by atoms with van der Waals surface area (Å²) in [5, 5.41) is 0. The predicted octanol–water partition coefficient (Wildman–Crippen LogP) is 3.76. The van der Waals surface area contributed by atoms with Crippen LogP contribution in [0.5, 0.6) is 11.5 Å². The molecule has 0 radical (unpaired) electrons. The number of rotatable bonds is 7. The molecular formula is C20H22O4. The second-order valence-corrected chi connectivity index (χ2v) is 5.29. The molecule has 24 heavy (non-hydrogen) atoms. The van der Waals surface area contributed by atoms with Crippen LogP contribution in [0.25, 0.3) is 0 Å². The van der Waals surface area contributed by atoms with Crippen molar-refractivity contribution < 1.29 is 19.0 Å². The molecule has 4 nitrogen and oxygen atoms in total. The van der Waals surface area contributed by atoms with E-state index in [9.17, 15) is 4.79 Å². The molecule has 0 aliphatic heterocycles. The third-order valence-electron chi connectivity index (χ3n) is 3.79. The fraction of sp³-hybridized carbons (Fsp3) is 0.250. The summed E-state index contributed by atoms with van der Waals surface area (Å²) >= 11 is 0. The largest absolute Gasteiger partial charge is 0.497 e. The molecule has 0 spiro atoms. The Hall–Kier alpha value is -2.75. The molecule has 0 saturated heterocycles. The second kappa shape index (κ2) is 8.77. The van der Waals surface area contributed by atoms with Crippen molar-refractivity contribution in [2.24, 2.45) is 0 Å². The van der Waals surface area contributed by atoms with E-state index in [4.69, 9.17) is 14.2 Å². The summed E-state index contributed by atoms with van der Waals surface area (Å²) in [7, 11) is 4.66. The molecule has 4 heteroatoms. The van der Waals surface area contributed by atoms with Crippen LogP contribution in [0, 0.1) is 0 Å². The number of para-hydroxylation sites is 1. The first kappa shape index (κ1) is 17.6. The first-order valence-electron chi connectivity index (χ1n) is 7.70. The smallest absolute Gasteiger partial charge is 0.330 e. The lowest BCUT2D eigenvalue weighted by Crippen LogP contribution is -2.04. The van der Waals surface area contributed by atoms with Gasteiger partial charge in [-0.1, -0.05) is 36.4 Å². The number of allylic oxidation sites excluding steroid dienone is 1. The zero-order chi connectivity index (χ0) is 17.4. The number of carbonyl (C=O) groups is 1. The number of ether oxygens (including phenoxy) is 3. The van der Waals surface area contributed by atoms with Gasteiger partial charge in [0.2, 0.25) is 0 Å². The van der Waals surface area contributed by atoms with Gasteiger partial charge in [0, 0.05) is 17.6 Å². The van der Waals surface area contributed by atoms with E-state index < -0.39 is 0 Å². The van der Waals surface area contributed by atoms with Crippen molar-refractivity contribution in [1.82, 2.24) is 0 Å². The van der Waals surface area contributed by atoms with E-state index in [0.29, 0.717) is 6.42 Å². The fourth-order valence-electron chi connectivity index (χ4n) is 2.57. The Bertz CT molecular complexity index is 706. The number of hydrogen-bond acceptors (Lipinski definition) is 4. The normalized spacial score (nSPS) is 12.0. The van der Waals surface area contributed by atoms with E-state index >= 15 is 0 Å². The minimum absolute atomic E-state index is 0.0210. The lowest BCUT2D eigenvalue weighted by atomic mass is 9.90. The SMILES string of the molecule is COC(=O)C=CC(Cc1cccc(OC)c1)c1ccccc1OC. The molecular weight excluding hydrogens is 304 g/mol. The van der Waals surface area contributed by atoms with Crippen molar-refractivity contribution in [1.29, 1.82) is 0 Å². The zero-order valence-corrected chi connectivity index (χ0v) is 14.2. The van der Waals surface area contributed by atoms with Crippen LogP contribution in [-0.4, -0.2) is 27.3 Å². The molecule has 0 fully saturated rings. The molecule has 1 atom stereocenters. The van der Waals surface area contributed by atoms with E-state index in [1.165, 1.54) is 13.2 Å². The Labute approximate surface area is 142 Å². The Morgan fingerprint density at radius 2 is 1.83 bits per heavy atom. The summed E-state index contributed by atoms with van der Waals surface area (Å²) in [6.45, 7) is 0. The van der Waals surface area contributed by atoms with E-state index in [1.807, 2.05) is 54.6 Å². The van der Waals surface area contributed by atoms with Crippen LogP contribution in [0.3, 0.4) is 0 Å². The van der Waals surface area contributed by atoms with Gasteiger partial charge in [0.25, 0.3) is 0 Å². The molecule has 2 aromatic rings. The monoisotopic (exact) mass is 326 g/mol. The Balaban J connectivity index is 2.35. The van der Waals surface area contributed by atoms with Crippen molar-refractivity contribution >= 4 is 5.97 Å². The highest BCUT2D eigenvalue weighted by Gasteiger charge is 2.15. The van der Waals surface area contributed by atoms with E-state index in [0.717, 1.165) is 22.6 Å². The standard InChI is InChI=1S/C20H22O4/c1-22-17-8-6-7-15(14-17)13-16(11-12-20(21)24-3)18-9-4-5-10-19(18)23-2/h4-12,14,16H,13H2,1-3H3. The van der Waals surface area contributed by atoms with Crippen LogP contribution in [0.4, 0.5) is 0 Å². The Morgan fingerprint density at radius 3 is 2.54 bits per heavy atom. The van der Waals surface area contributed by atoms with Crippen LogP contribution >= 0.6 is 0 Å². The molecule has 1 unspecified atom stereocenters. The quantitative estimate of drug-likeness (QED) is 0.574. The molecule has 2 rings (SSSR count). The highest BCUT2D eigenvalue weighted by molar-refractivity contribution is 5.82. The molecule has 0 aliphatic carbocycles. The number of carbonyl (C=O) groups excluding carboxylic acids is 1. The van der Waals surface area contributed by atoms with Crippen molar-refractivity contribution in [3.63, 3.8) is 0 Å². The van der Waals surface area contributed by atoms with Crippen LogP contribution < -0.4 is 9.47 Å². The van der Waals surface area contributed by atoms with Gasteiger partial charge < -0.3 is 14.2 Å². The van der Waals surface area contributed by atoms with Gasteiger partial charge >= 0.3 is 5.97 Å². The van der Waals surface area contributed by atoms with Crippen LogP contribution in [0.15, 0.2) is 60.7 Å². The van der Waals surface area contributed by atoms with E-state index in [2.05, 4.69) is 0 Å². The second-order valence-electron chi connectivity index (χ2n) is 5.29. The third-order valence-corrected chi connectivity index (χ3v) is 3.79. The van der Waals surface area contributed by atoms with Gasteiger partial charge in [-0.3, -0.25) is 0 Å². The average Bonchev–Trinajstić information content (AvgIpc) is 2.64. The van der Waals surface area contributed by atoms with Gasteiger partial charge in [-0.15, -0.1) is 0 Å². The number of esters is 1. The van der Waals surface area contributed by atoms with Crippen molar-refractivity contribution in [3.05, 3.63) is 71.8 Å². The van der Waals surface area contributed by atoms with Gasteiger partial charge in [-0.25, -0.2) is 4.79 Å². The summed E-state index contributed by atoms with van der Waals surface area (Å²) in [5.41, 5.74) is 2.13. The fourth-order valence-corrected chi connectivity index (χ4v) is 2.57. The molecule has 0 amide bonds. The summed E-state index contributed by atoms with van der Waals surface area (Å²) in [4.78, 5) is 11.5. The van der Waals surface area contributed by atoms with Gasteiger partial charge in [0.05, 0.1) is 21.3 Å². The minimum Gasteiger partial charge on any atom is -0.497 e. The lowest BCUT2D eigenvalue weighted by Gasteiger charge is -2.17. The van der Waals surface area contributed by atoms with Gasteiger partial charge in [-0.05, 0) is 30.2 Å². The predicted molar refractivity (Wildman–Crippen MR) is 93.6 cm³/mol. The number of benzene rings is 2. The molecule has 2 aromatic carbocycles. The first-order chi connectivity index (χ1) is 11.7. The van der Waals surface area contributed by atoms with E-state index in [-0.39, 0.29) is 11.9 Å². The summed E-state index contributed by atoms with van der Waals surface area (Å²) in [6, 6.07) is 15.7. The van der Waals surface area contributed by atoms with Gasteiger partial charge in [-0.2, -0.15) is 0 Å². The lowest BCUT2D eigenvalue weighted by molar-refractivity contribution is -0.134. The van der Waals surface area contributed by atoms with Crippen molar-refractivity contribution in [2.45, 2.75) is 12.3 Å². The zero-order valence-electron chi connectivity index (χ0n) is 14.2. The van der Waals surface area contributed by atoms with Crippen LogP contribution in [0.1, 0.15) is 17.0 Å². The molecule has 126 valence electrons. The van der Waals surface area contributed by atoms with Crippen LogP contribution in [0.2, 0.25) is 0 Å². The molecule has 0 aromatic heterocycles. The number of hydrogen-bond donors (Lipinski definition) is 0. The topological polar surface area (TPSA) is 44.8 Å². The van der Waals surface area contributed by atoms with Crippen LogP contribution in [-0.2, 0) is 16.0 Å². The van der Waals surface area contributed by atoms with Gasteiger partial charge in [0.15, 0.2) is 0 Å². The van der Waals surface area contributed by atoms with Gasteiger partial charge in [0.1, 0.15) is 11.5 Å². The maximum absolute atomic E-state index is 11.5. The molecule has 0 N–H and O–H groups in total. The molecule has 0 heterocycles. The van der Waals surface area contributed by atoms with Crippen molar-refractivity contribution in [3.8, 4) is 11.5 Å². The Kier molecular flexibility index (Phi) is 6.43. The third kappa shape index (κ3) is 4.62. The molecule has 0 saturated carbocycles. The maximum atomic E-state index is 11.5. The summed E-state index contributed by atoms with van der Waals surface area (Å²) in [5.74, 6) is 1.20. The first-order valence-corrected chi connectivity index (χ1v) is 7.70. The summed E-state index contributed by atoms with van der Waals surface area (Å²) in [6.07, 6.45) is 4.02.